The van der Waals surface area contributed by atoms with Gasteiger partial charge in [-0.3, -0.25) is 9.78 Å². The number of esters is 1. The molecular formula is C24H24N2O3. The highest BCUT2D eigenvalue weighted by Crippen LogP contribution is 2.52. The Balaban J connectivity index is 1.24. The first-order chi connectivity index (χ1) is 14.1. The summed E-state index contributed by atoms with van der Waals surface area (Å²) in [4.78, 5) is 31.8. The van der Waals surface area contributed by atoms with E-state index in [9.17, 15) is 9.59 Å². The third-order valence-corrected chi connectivity index (χ3v) is 7.54. The van der Waals surface area contributed by atoms with Gasteiger partial charge in [0.2, 0.25) is 5.91 Å². The van der Waals surface area contributed by atoms with Crippen molar-refractivity contribution in [2.75, 3.05) is 13.1 Å². The van der Waals surface area contributed by atoms with Crippen molar-refractivity contribution in [3.63, 3.8) is 0 Å². The Bertz CT molecular complexity index is 1010. The van der Waals surface area contributed by atoms with Gasteiger partial charge in [0.15, 0.2) is 5.60 Å². The zero-order valence-electron chi connectivity index (χ0n) is 16.4. The molecule has 0 unspecified atom stereocenters. The van der Waals surface area contributed by atoms with Crippen molar-refractivity contribution in [1.82, 2.24) is 9.88 Å². The number of carbonyl (C=O) groups is 2. The molecule has 29 heavy (non-hydrogen) atoms. The van der Waals surface area contributed by atoms with Gasteiger partial charge in [0.25, 0.3) is 0 Å². The second-order valence-corrected chi connectivity index (χ2v) is 9.11. The van der Waals surface area contributed by atoms with Crippen molar-refractivity contribution in [3.05, 3.63) is 65.0 Å². The van der Waals surface area contributed by atoms with E-state index in [0.29, 0.717) is 31.0 Å². The number of fused-ring (bicyclic) bond motifs is 2. The molecule has 1 spiro atoms. The fourth-order valence-electron chi connectivity index (χ4n) is 5.37. The van der Waals surface area contributed by atoms with Crippen LogP contribution in [0.2, 0.25) is 0 Å². The van der Waals surface area contributed by atoms with Crippen LogP contribution in [0.15, 0.2) is 42.7 Å². The fraction of sp³-hybridized carbons (Fsp3) is 0.458. The van der Waals surface area contributed by atoms with Crippen molar-refractivity contribution in [3.8, 4) is 0 Å². The van der Waals surface area contributed by atoms with Gasteiger partial charge in [-0.25, -0.2) is 4.79 Å². The Morgan fingerprint density at radius 2 is 1.90 bits per heavy atom. The summed E-state index contributed by atoms with van der Waals surface area (Å²) >= 11 is 0. The summed E-state index contributed by atoms with van der Waals surface area (Å²) in [6.45, 7) is 1.06. The first kappa shape index (κ1) is 17.2. The normalized spacial score (nSPS) is 26.9. The van der Waals surface area contributed by atoms with Gasteiger partial charge in [0, 0.05) is 30.9 Å². The van der Waals surface area contributed by atoms with Gasteiger partial charge >= 0.3 is 5.97 Å². The number of hydrogen-bond donors (Lipinski definition) is 0. The van der Waals surface area contributed by atoms with Crippen LogP contribution in [0, 0.1) is 0 Å². The smallest absolute Gasteiger partial charge is 0.341 e. The van der Waals surface area contributed by atoms with E-state index in [1.165, 1.54) is 24.8 Å². The van der Waals surface area contributed by atoms with Crippen LogP contribution < -0.4 is 0 Å². The third kappa shape index (κ3) is 2.42. The molecule has 1 saturated heterocycles. The van der Waals surface area contributed by atoms with E-state index < -0.39 is 5.60 Å². The van der Waals surface area contributed by atoms with Gasteiger partial charge in [0.1, 0.15) is 0 Å². The second-order valence-electron chi connectivity index (χ2n) is 9.11. The molecule has 3 heterocycles. The van der Waals surface area contributed by atoms with E-state index in [0.717, 1.165) is 24.0 Å². The van der Waals surface area contributed by atoms with Gasteiger partial charge in [-0.15, -0.1) is 0 Å². The van der Waals surface area contributed by atoms with Gasteiger partial charge in [-0.1, -0.05) is 30.7 Å². The predicted molar refractivity (Wildman–Crippen MR) is 106 cm³/mol. The molecule has 2 aliphatic carbocycles. The van der Waals surface area contributed by atoms with Crippen molar-refractivity contribution in [2.24, 2.45) is 0 Å². The zero-order chi connectivity index (χ0) is 19.6. The summed E-state index contributed by atoms with van der Waals surface area (Å²) in [6.07, 6.45) is 9.62. The van der Waals surface area contributed by atoms with E-state index in [4.69, 9.17) is 4.74 Å². The molecule has 2 saturated carbocycles. The number of carbonyl (C=O) groups excluding carboxylic acids is 2. The second kappa shape index (κ2) is 5.91. The number of likely N-dealkylation sites (tertiary alicyclic amines) is 1. The summed E-state index contributed by atoms with van der Waals surface area (Å²) in [5.74, 6) is 0.569. The average molecular weight is 388 g/mol. The molecule has 1 amide bonds. The van der Waals surface area contributed by atoms with Crippen molar-refractivity contribution in [1.29, 1.82) is 0 Å². The molecular weight excluding hydrogens is 364 g/mol. The largest absolute Gasteiger partial charge is 0.449 e. The van der Waals surface area contributed by atoms with Crippen LogP contribution in [0.3, 0.4) is 0 Å². The molecule has 1 aromatic heterocycles. The number of hydrogen-bond acceptors (Lipinski definition) is 4. The first-order valence-corrected chi connectivity index (χ1v) is 10.7. The maximum Gasteiger partial charge on any atom is 0.341 e. The minimum absolute atomic E-state index is 0.185. The van der Waals surface area contributed by atoms with Crippen molar-refractivity contribution >= 4 is 11.9 Å². The maximum atomic E-state index is 13.5. The lowest BCUT2D eigenvalue weighted by Gasteiger charge is -2.28. The van der Waals surface area contributed by atoms with Crippen LogP contribution in [0.4, 0.5) is 0 Å². The lowest BCUT2D eigenvalue weighted by Crippen LogP contribution is -2.40. The summed E-state index contributed by atoms with van der Waals surface area (Å²) in [5, 5.41) is 0. The van der Waals surface area contributed by atoms with Crippen molar-refractivity contribution in [2.45, 2.75) is 55.5 Å². The minimum Gasteiger partial charge on any atom is -0.449 e. The van der Waals surface area contributed by atoms with Crippen molar-refractivity contribution < 1.29 is 14.3 Å². The molecule has 148 valence electrons. The molecule has 4 aliphatic rings. The Hall–Kier alpha value is -2.69. The van der Waals surface area contributed by atoms with Crippen LogP contribution >= 0.6 is 0 Å². The van der Waals surface area contributed by atoms with Crippen LogP contribution in [-0.4, -0.2) is 34.8 Å². The molecule has 6 rings (SSSR count). The lowest BCUT2D eigenvalue weighted by molar-refractivity contribution is -0.134. The van der Waals surface area contributed by atoms with Gasteiger partial charge in [-0.2, -0.15) is 0 Å². The standard InChI is InChI=1S/C24H24N2O3/c27-21-19-14-25-12-8-20(19)24(29-21)11-13-26(15-24)22(28)23(9-10-23)18-6-4-17(5-7-18)16-2-1-3-16/h4-8,12,14,16H,1-3,9-11,13,15H2/t24-/m0/s1. The highest BCUT2D eigenvalue weighted by atomic mass is 16.6. The lowest BCUT2D eigenvalue weighted by atomic mass is 9.79. The Morgan fingerprint density at radius 1 is 1.10 bits per heavy atom. The Labute approximate surface area is 170 Å². The fourth-order valence-corrected chi connectivity index (χ4v) is 5.37. The number of amides is 1. The monoisotopic (exact) mass is 388 g/mol. The van der Waals surface area contributed by atoms with E-state index in [2.05, 4.69) is 29.2 Å². The van der Waals surface area contributed by atoms with E-state index >= 15 is 0 Å². The molecule has 1 aromatic carbocycles. The highest BCUT2D eigenvalue weighted by Gasteiger charge is 2.57. The molecule has 3 fully saturated rings. The van der Waals surface area contributed by atoms with Gasteiger partial charge < -0.3 is 9.64 Å². The molecule has 1 atom stereocenters. The van der Waals surface area contributed by atoms with Gasteiger partial charge in [0.05, 0.1) is 17.5 Å². The Kier molecular flexibility index (Phi) is 3.50. The summed E-state index contributed by atoms with van der Waals surface area (Å²) in [5.41, 5.74) is 2.88. The highest BCUT2D eigenvalue weighted by molar-refractivity contribution is 5.95. The molecule has 0 N–H and O–H groups in total. The SMILES string of the molecule is O=C1O[C@]2(CCN(C(=O)C3(c4ccc(C5CCC5)cc4)CC3)C2)c2ccncc21. The molecule has 2 aromatic rings. The zero-order valence-corrected chi connectivity index (χ0v) is 16.4. The number of rotatable bonds is 3. The van der Waals surface area contributed by atoms with E-state index in [1.807, 2.05) is 11.0 Å². The van der Waals surface area contributed by atoms with E-state index in [-0.39, 0.29) is 17.3 Å². The quantitative estimate of drug-likeness (QED) is 0.753. The number of aromatic nitrogens is 1. The number of nitrogens with zero attached hydrogens (tertiary/aromatic N) is 2. The number of ether oxygens (including phenoxy) is 1. The minimum atomic E-state index is -0.699. The predicted octanol–water partition coefficient (Wildman–Crippen LogP) is 3.68. The number of pyridine rings is 1. The van der Waals surface area contributed by atoms with Crippen LogP contribution in [0.25, 0.3) is 0 Å². The summed E-state index contributed by atoms with van der Waals surface area (Å²) in [6, 6.07) is 10.6. The molecule has 2 aliphatic heterocycles. The molecule has 5 heteroatoms. The molecule has 5 nitrogen and oxygen atoms in total. The molecule has 0 bridgehead atoms. The average Bonchev–Trinajstić information content (AvgIpc) is 3.33. The van der Waals surface area contributed by atoms with Gasteiger partial charge in [-0.05, 0) is 48.8 Å². The van der Waals surface area contributed by atoms with Crippen LogP contribution in [0.1, 0.15) is 71.5 Å². The summed E-state index contributed by atoms with van der Waals surface area (Å²) < 4.78 is 5.79. The third-order valence-electron chi connectivity index (χ3n) is 7.54. The van der Waals surface area contributed by atoms with Crippen LogP contribution in [0.5, 0.6) is 0 Å². The maximum absolute atomic E-state index is 13.5. The topological polar surface area (TPSA) is 59.5 Å². The first-order valence-electron chi connectivity index (χ1n) is 10.7. The number of benzene rings is 1. The van der Waals surface area contributed by atoms with E-state index in [1.54, 1.807) is 12.4 Å². The Morgan fingerprint density at radius 3 is 2.59 bits per heavy atom. The molecule has 0 radical (unpaired) electrons. The summed E-state index contributed by atoms with van der Waals surface area (Å²) in [7, 11) is 0. The van der Waals surface area contributed by atoms with Crippen LogP contribution in [-0.2, 0) is 20.5 Å².